The van der Waals surface area contributed by atoms with Crippen LogP contribution in [0.1, 0.15) is 50.2 Å². The van der Waals surface area contributed by atoms with Gasteiger partial charge in [-0.1, -0.05) is 60.3 Å². The first-order valence-corrected chi connectivity index (χ1v) is 14.7. The molecule has 4 aliphatic rings. The Kier molecular flexibility index (Phi) is 6.78. The van der Waals surface area contributed by atoms with Crippen molar-refractivity contribution in [2.75, 3.05) is 5.75 Å². The quantitative estimate of drug-likeness (QED) is 0.357. The number of aromatic nitrogens is 1. The predicted octanol–water partition coefficient (Wildman–Crippen LogP) is 6.52. The summed E-state index contributed by atoms with van der Waals surface area (Å²) in [4.78, 5) is 30.3. The molecule has 0 radical (unpaired) electrons. The molecule has 1 amide bonds. The van der Waals surface area contributed by atoms with Crippen molar-refractivity contribution in [3.05, 3.63) is 71.9 Å². The largest absolute Gasteiger partial charge is 0.446 e. The number of carbonyl (C=O) groups excluding carboxylic acids is 2. The van der Waals surface area contributed by atoms with Gasteiger partial charge in [-0.25, -0.2) is 4.79 Å². The van der Waals surface area contributed by atoms with E-state index in [-0.39, 0.29) is 11.2 Å². The topological polar surface area (TPSA) is 71.2 Å². The molecule has 3 aromatic rings. The number of fused-ring (bicyclic) bond motifs is 1. The highest BCUT2D eigenvalue weighted by atomic mass is 32.2. The molecule has 194 valence electrons. The zero-order valence-electron chi connectivity index (χ0n) is 21.5. The number of hydrogen-bond acceptors (Lipinski definition) is 4. The Bertz CT molecular complexity index is 1240. The minimum absolute atomic E-state index is 0.00836. The molecule has 1 aromatic heterocycles. The van der Waals surface area contributed by atoms with E-state index >= 15 is 0 Å². The lowest BCUT2D eigenvalue weighted by molar-refractivity contribution is -0.117. The van der Waals surface area contributed by atoms with Gasteiger partial charge >= 0.3 is 6.09 Å². The second-order valence-electron chi connectivity index (χ2n) is 11.7. The number of carbonyl (C=O) groups is 2. The maximum Gasteiger partial charge on any atom is 0.408 e. The van der Waals surface area contributed by atoms with Gasteiger partial charge in [0.15, 0.2) is 0 Å². The Hall–Kier alpha value is -2.73. The fourth-order valence-corrected chi connectivity index (χ4v) is 8.30. The van der Waals surface area contributed by atoms with Crippen molar-refractivity contribution in [2.24, 2.45) is 23.7 Å². The fourth-order valence-electron chi connectivity index (χ4n) is 7.34. The summed E-state index contributed by atoms with van der Waals surface area (Å²) in [6.07, 6.45) is 8.82. The number of ether oxygens (including phenoxy) is 1. The summed E-state index contributed by atoms with van der Waals surface area (Å²) in [5.74, 6) is 3.27. The number of hydrogen-bond donors (Lipinski definition) is 2. The van der Waals surface area contributed by atoms with E-state index < -0.39 is 11.6 Å². The van der Waals surface area contributed by atoms with Gasteiger partial charge in [0, 0.05) is 29.3 Å². The molecule has 1 heterocycles. The van der Waals surface area contributed by atoms with E-state index in [1.807, 2.05) is 49.5 Å². The Morgan fingerprint density at radius 1 is 0.973 bits per heavy atom. The molecule has 7 rings (SSSR count). The van der Waals surface area contributed by atoms with Crippen molar-refractivity contribution in [3.63, 3.8) is 0 Å². The van der Waals surface area contributed by atoms with Gasteiger partial charge < -0.3 is 15.0 Å². The Balaban J connectivity index is 1.17. The van der Waals surface area contributed by atoms with Gasteiger partial charge in [-0.2, -0.15) is 0 Å². The van der Waals surface area contributed by atoms with Crippen LogP contribution >= 0.6 is 11.8 Å². The molecule has 0 spiro atoms. The van der Waals surface area contributed by atoms with Crippen LogP contribution in [0.4, 0.5) is 4.79 Å². The Morgan fingerprint density at radius 2 is 1.65 bits per heavy atom. The average molecular weight is 517 g/mol. The lowest BCUT2D eigenvalue weighted by Gasteiger charge is -2.53. The van der Waals surface area contributed by atoms with Crippen molar-refractivity contribution < 1.29 is 14.3 Å². The van der Waals surface area contributed by atoms with E-state index in [1.54, 1.807) is 0 Å². The number of thioether (sulfide) groups is 1. The standard InChI is InChI=1S/C31H36N2O3S/c1-31(18-25-19-32-27-10-6-5-9-26(25)27,29(34)37-12-11-20-7-3-2-4-8-20)33-30(35)36-28-23-14-21-13-22(16-23)17-24(28)15-21/h2-10,19,21-24,28,32H,11-18H2,1H3,(H,33,35). The maximum absolute atomic E-state index is 13.7. The van der Waals surface area contributed by atoms with Crippen LogP contribution in [0.5, 0.6) is 0 Å². The Labute approximate surface area is 223 Å². The predicted molar refractivity (Wildman–Crippen MR) is 148 cm³/mol. The van der Waals surface area contributed by atoms with Crippen molar-refractivity contribution in [2.45, 2.75) is 63.5 Å². The zero-order chi connectivity index (χ0) is 25.4. The van der Waals surface area contributed by atoms with E-state index in [9.17, 15) is 9.59 Å². The van der Waals surface area contributed by atoms with Gasteiger partial charge in [-0.15, -0.1) is 0 Å². The lowest BCUT2D eigenvalue weighted by Crippen LogP contribution is -2.56. The first kappa shape index (κ1) is 24.6. The molecule has 4 aliphatic carbocycles. The maximum atomic E-state index is 13.7. The number of aryl methyl sites for hydroxylation is 1. The molecule has 5 nitrogen and oxygen atoms in total. The summed E-state index contributed by atoms with van der Waals surface area (Å²) >= 11 is 1.30. The summed E-state index contributed by atoms with van der Waals surface area (Å²) in [5.41, 5.74) is 2.18. The third-order valence-corrected chi connectivity index (χ3v) is 10.0. The van der Waals surface area contributed by atoms with E-state index in [0.717, 1.165) is 34.7 Å². The highest BCUT2D eigenvalue weighted by Crippen LogP contribution is 2.54. The number of H-pyrrole nitrogens is 1. The van der Waals surface area contributed by atoms with E-state index in [1.165, 1.54) is 49.4 Å². The minimum Gasteiger partial charge on any atom is -0.446 e. The molecule has 4 bridgehead atoms. The second kappa shape index (κ2) is 10.2. The number of benzene rings is 2. The van der Waals surface area contributed by atoms with Crippen molar-refractivity contribution in [1.29, 1.82) is 0 Å². The van der Waals surface area contributed by atoms with Gasteiger partial charge in [-0.05, 0) is 86.3 Å². The summed E-state index contributed by atoms with van der Waals surface area (Å²) in [7, 11) is 0. The zero-order valence-corrected chi connectivity index (χ0v) is 22.3. The number of nitrogens with one attached hydrogen (secondary N) is 2. The summed E-state index contributed by atoms with van der Waals surface area (Å²) in [6.45, 7) is 1.85. The monoisotopic (exact) mass is 516 g/mol. The van der Waals surface area contributed by atoms with E-state index in [4.69, 9.17) is 4.74 Å². The van der Waals surface area contributed by atoms with Crippen molar-refractivity contribution in [3.8, 4) is 0 Å². The number of alkyl carbamates (subject to hydrolysis) is 1. The van der Waals surface area contributed by atoms with Crippen LogP contribution < -0.4 is 5.32 Å². The molecular formula is C31H36N2O3S. The summed E-state index contributed by atoms with van der Waals surface area (Å²) < 4.78 is 6.13. The van der Waals surface area contributed by atoms with Crippen LogP contribution in [-0.4, -0.2) is 33.6 Å². The van der Waals surface area contributed by atoms with Crippen LogP contribution in [0.3, 0.4) is 0 Å². The lowest BCUT2D eigenvalue weighted by atomic mass is 9.55. The van der Waals surface area contributed by atoms with Crippen molar-refractivity contribution >= 4 is 33.9 Å². The number of aromatic amines is 1. The van der Waals surface area contributed by atoms with Crippen LogP contribution in [0, 0.1) is 23.7 Å². The fraction of sp³-hybridized carbons (Fsp3) is 0.484. The summed E-state index contributed by atoms with van der Waals surface area (Å²) in [6, 6.07) is 18.3. The first-order chi connectivity index (χ1) is 18.0. The minimum atomic E-state index is -1.07. The van der Waals surface area contributed by atoms with Gasteiger partial charge in [0.2, 0.25) is 5.12 Å². The SMILES string of the molecule is CC(Cc1c[nH]c2ccccc12)(NC(=O)OC1C2CC3CC(C2)CC1C3)C(=O)SCCc1ccccc1. The number of para-hydroxylation sites is 1. The second-order valence-corrected chi connectivity index (χ2v) is 12.7. The van der Waals surface area contributed by atoms with Gasteiger partial charge in [0.25, 0.3) is 0 Å². The van der Waals surface area contributed by atoms with Crippen LogP contribution in [-0.2, 0) is 22.4 Å². The smallest absolute Gasteiger partial charge is 0.408 e. The van der Waals surface area contributed by atoms with Gasteiger partial charge in [0.1, 0.15) is 11.6 Å². The molecule has 2 N–H and O–H groups in total. The molecule has 1 atom stereocenters. The average Bonchev–Trinajstić information content (AvgIpc) is 3.29. The molecule has 0 aliphatic heterocycles. The van der Waals surface area contributed by atoms with E-state index in [2.05, 4.69) is 28.5 Å². The van der Waals surface area contributed by atoms with E-state index in [0.29, 0.717) is 24.0 Å². The summed E-state index contributed by atoms with van der Waals surface area (Å²) in [5, 5.41) is 4.10. The van der Waals surface area contributed by atoms with Gasteiger partial charge in [-0.3, -0.25) is 4.79 Å². The molecule has 6 heteroatoms. The number of amides is 1. The molecule has 2 aromatic carbocycles. The van der Waals surface area contributed by atoms with Crippen molar-refractivity contribution in [1.82, 2.24) is 10.3 Å². The Morgan fingerprint density at radius 3 is 2.38 bits per heavy atom. The van der Waals surface area contributed by atoms with Crippen LogP contribution in [0.15, 0.2) is 60.8 Å². The number of rotatable bonds is 8. The van der Waals surface area contributed by atoms with Crippen LogP contribution in [0.25, 0.3) is 10.9 Å². The molecule has 37 heavy (non-hydrogen) atoms. The molecule has 4 saturated carbocycles. The highest BCUT2D eigenvalue weighted by Gasteiger charge is 2.50. The third-order valence-electron chi connectivity index (χ3n) is 8.90. The first-order valence-electron chi connectivity index (χ1n) is 13.7. The highest BCUT2D eigenvalue weighted by molar-refractivity contribution is 8.13. The van der Waals surface area contributed by atoms with Gasteiger partial charge in [0.05, 0.1) is 0 Å². The molecule has 0 saturated heterocycles. The molecule has 1 unspecified atom stereocenters. The van der Waals surface area contributed by atoms with Crippen LogP contribution in [0.2, 0.25) is 0 Å². The normalized spacial score (nSPS) is 27.6. The molecular weight excluding hydrogens is 480 g/mol. The molecule has 4 fully saturated rings. The third kappa shape index (κ3) is 5.18.